The van der Waals surface area contributed by atoms with Crippen LogP contribution in [0, 0.1) is 10.1 Å². The molecular formula is C11H8BrNO4S. The van der Waals surface area contributed by atoms with Gasteiger partial charge in [-0.05, 0) is 11.6 Å². The molecule has 0 amide bonds. The van der Waals surface area contributed by atoms with Gasteiger partial charge in [-0.3, -0.25) is 10.1 Å². The third kappa shape index (κ3) is 2.11. The van der Waals surface area contributed by atoms with Crippen molar-refractivity contribution < 1.29 is 14.5 Å². The van der Waals surface area contributed by atoms with Gasteiger partial charge < -0.3 is 4.74 Å². The van der Waals surface area contributed by atoms with E-state index in [1.807, 2.05) is 0 Å². The van der Waals surface area contributed by atoms with Crippen LogP contribution in [0.5, 0.6) is 0 Å². The van der Waals surface area contributed by atoms with E-state index in [1.165, 1.54) is 30.6 Å². The van der Waals surface area contributed by atoms with E-state index in [-0.39, 0.29) is 5.69 Å². The van der Waals surface area contributed by atoms with E-state index in [0.29, 0.717) is 15.6 Å². The Morgan fingerprint density at radius 2 is 2.28 bits per heavy atom. The van der Waals surface area contributed by atoms with Crippen molar-refractivity contribution in [3.8, 4) is 0 Å². The summed E-state index contributed by atoms with van der Waals surface area (Å²) in [6.45, 7) is 0. The number of benzene rings is 1. The van der Waals surface area contributed by atoms with E-state index >= 15 is 0 Å². The topological polar surface area (TPSA) is 69.4 Å². The van der Waals surface area contributed by atoms with Crippen molar-refractivity contribution in [2.75, 3.05) is 7.11 Å². The first kappa shape index (κ1) is 13.0. The lowest BCUT2D eigenvalue weighted by Crippen LogP contribution is -2.00. The van der Waals surface area contributed by atoms with Crippen LogP contribution < -0.4 is 0 Å². The number of ether oxygens (including phenoxy) is 1. The van der Waals surface area contributed by atoms with Crippen molar-refractivity contribution in [1.82, 2.24) is 0 Å². The molecule has 18 heavy (non-hydrogen) atoms. The number of fused-ring (bicyclic) bond motifs is 1. The van der Waals surface area contributed by atoms with Gasteiger partial charge in [0.1, 0.15) is 4.88 Å². The quantitative estimate of drug-likeness (QED) is 0.374. The Morgan fingerprint density at radius 1 is 1.56 bits per heavy atom. The molecule has 0 fully saturated rings. The number of alkyl halides is 1. The van der Waals surface area contributed by atoms with Crippen LogP contribution in [-0.2, 0) is 10.1 Å². The highest BCUT2D eigenvalue weighted by Crippen LogP contribution is 2.35. The van der Waals surface area contributed by atoms with E-state index < -0.39 is 10.9 Å². The SMILES string of the molecule is COC(=O)c1sc2ccc([N+](=O)[O-])cc2c1CBr. The summed E-state index contributed by atoms with van der Waals surface area (Å²) in [4.78, 5) is 22.4. The number of carbonyl (C=O) groups is 1. The maximum atomic E-state index is 11.6. The lowest BCUT2D eigenvalue weighted by atomic mass is 10.1. The number of nitro groups is 1. The zero-order chi connectivity index (χ0) is 13.3. The number of hydrogen-bond donors (Lipinski definition) is 0. The standard InChI is InChI=1S/C11H8BrNO4S/c1-17-11(14)10-8(5-12)7-4-6(13(15)16)2-3-9(7)18-10/h2-4H,5H2,1H3. The van der Waals surface area contributed by atoms with Crippen LogP contribution >= 0.6 is 27.3 Å². The summed E-state index contributed by atoms with van der Waals surface area (Å²) in [5.41, 5.74) is 0.740. The van der Waals surface area contributed by atoms with E-state index in [2.05, 4.69) is 15.9 Å². The fourth-order valence-corrected chi connectivity index (χ4v) is 3.53. The molecular weight excluding hydrogens is 322 g/mol. The van der Waals surface area contributed by atoms with Crippen LogP contribution in [-0.4, -0.2) is 18.0 Å². The molecule has 0 atom stereocenters. The smallest absolute Gasteiger partial charge is 0.348 e. The lowest BCUT2D eigenvalue weighted by Gasteiger charge is -1.98. The highest BCUT2D eigenvalue weighted by molar-refractivity contribution is 9.08. The Balaban J connectivity index is 2.70. The van der Waals surface area contributed by atoms with Crippen molar-refractivity contribution in [3.63, 3.8) is 0 Å². The number of thiophene rings is 1. The number of carbonyl (C=O) groups excluding carboxylic acids is 1. The fourth-order valence-electron chi connectivity index (χ4n) is 1.64. The molecule has 0 N–H and O–H groups in total. The summed E-state index contributed by atoms with van der Waals surface area (Å²) in [6.07, 6.45) is 0. The molecule has 0 radical (unpaired) electrons. The number of halogens is 1. The highest BCUT2D eigenvalue weighted by Gasteiger charge is 2.19. The summed E-state index contributed by atoms with van der Waals surface area (Å²) in [5.74, 6) is -0.423. The molecule has 0 saturated carbocycles. The minimum atomic E-state index is -0.451. The van der Waals surface area contributed by atoms with Gasteiger partial charge in [0.2, 0.25) is 0 Å². The van der Waals surface area contributed by atoms with Crippen molar-refractivity contribution in [3.05, 3.63) is 38.8 Å². The molecule has 1 heterocycles. The highest BCUT2D eigenvalue weighted by atomic mass is 79.9. The van der Waals surface area contributed by atoms with Gasteiger partial charge >= 0.3 is 5.97 Å². The van der Waals surface area contributed by atoms with E-state index in [4.69, 9.17) is 4.74 Å². The molecule has 0 aliphatic carbocycles. The summed E-state index contributed by atoms with van der Waals surface area (Å²) < 4.78 is 5.53. The first-order valence-electron chi connectivity index (χ1n) is 4.92. The second-order valence-corrected chi connectivity index (χ2v) is 5.09. The average molecular weight is 330 g/mol. The molecule has 0 saturated heterocycles. The van der Waals surface area contributed by atoms with E-state index in [9.17, 15) is 14.9 Å². The molecule has 0 bridgehead atoms. The van der Waals surface area contributed by atoms with Crippen LogP contribution in [0.2, 0.25) is 0 Å². The first-order valence-corrected chi connectivity index (χ1v) is 6.86. The summed E-state index contributed by atoms with van der Waals surface area (Å²) >= 11 is 4.57. The largest absolute Gasteiger partial charge is 0.465 e. The molecule has 0 aliphatic heterocycles. The summed E-state index contributed by atoms with van der Waals surface area (Å²) in [7, 11) is 1.31. The van der Waals surface area contributed by atoms with E-state index in [0.717, 1.165) is 10.3 Å². The third-order valence-electron chi connectivity index (χ3n) is 2.49. The van der Waals surface area contributed by atoms with Crippen LogP contribution in [0.25, 0.3) is 10.1 Å². The number of nitro benzene ring substituents is 1. The summed E-state index contributed by atoms with van der Waals surface area (Å²) in [6, 6.07) is 4.56. The van der Waals surface area contributed by atoms with Gasteiger partial charge in [-0.2, -0.15) is 0 Å². The Hall–Kier alpha value is -1.47. The maximum absolute atomic E-state index is 11.6. The summed E-state index contributed by atoms with van der Waals surface area (Å²) in [5, 5.41) is 11.9. The number of hydrogen-bond acceptors (Lipinski definition) is 5. The molecule has 0 aliphatic rings. The number of esters is 1. The van der Waals surface area contributed by atoms with Crippen LogP contribution in [0.15, 0.2) is 18.2 Å². The molecule has 0 unspecified atom stereocenters. The predicted octanol–water partition coefficient (Wildman–Crippen LogP) is 3.49. The maximum Gasteiger partial charge on any atom is 0.348 e. The second kappa shape index (κ2) is 5.03. The fraction of sp³-hybridized carbons (Fsp3) is 0.182. The third-order valence-corrected chi connectivity index (χ3v) is 4.24. The minimum absolute atomic E-state index is 0.0129. The Bertz CT molecular complexity index is 637. The minimum Gasteiger partial charge on any atom is -0.465 e. The predicted molar refractivity (Wildman–Crippen MR) is 72.4 cm³/mol. The zero-order valence-corrected chi connectivity index (χ0v) is 11.7. The second-order valence-electron chi connectivity index (χ2n) is 3.47. The molecule has 0 spiro atoms. The Labute approximate surface area is 115 Å². The van der Waals surface area contributed by atoms with Gasteiger partial charge in [-0.1, -0.05) is 15.9 Å². The monoisotopic (exact) mass is 329 g/mol. The molecule has 1 aromatic carbocycles. The van der Waals surface area contributed by atoms with Crippen molar-refractivity contribution in [1.29, 1.82) is 0 Å². The average Bonchev–Trinajstić information content (AvgIpc) is 2.74. The normalized spacial score (nSPS) is 10.6. The van der Waals surface area contributed by atoms with Gasteiger partial charge in [0.15, 0.2) is 0 Å². The van der Waals surface area contributed by atoms with Crippen LogP contribution in [0.1, 0.15) is 15.2 Å². The van der Waals surface area contributed by atoms with Crippen molar-refractivity contribution in [2.24, 2.45) is 0 Å². The van der Waals surface area contributed by atoms with Gasteiger partial charge in [-0.25, -0.2) is 4.79 Å². The molecule has 94 valence electrons. The van der Waals surface area contributed by atoms with Gasteiger partial charge in [0, 0.05) is 27.5 Å². The number of rotatable bonds is 3. The zero-order valence-electron chi connectivity index (χ0n) is 9.31. The van der Waals surface area contributed by atoms with Crippen molar-refractivity contribution in [2.45, 2.75) is 5.33 Å². The molecule has 2 aromatic rings. The van der Waals surface area contributed by atoms with Crippen LogP contribution in [0.4, 0.5) is 5.69 Å². The number of methoxy groups -OCH3 is 1. The first-order chi connectivity index (χ1) is 8.58. The van der Waals surface area contributed by atoms with Crippen molar-refractivity contribution >= 4 is 49.0 Å². The lowest BCUT2D eigenvalue weighted by molar-refractivity contribution is -0.384. The Morgan fingerprint density at radius 3 is 2.83 bits per heavy atom. The van der Waals surface area contributed by atoms with E-state index in [1.54, 1.807) is 6.07 Å². The number of non-ortho nitro benzene ring substituents is 1. The Kier molecular flexibility index (Phi) is 3.63. The molecule has 5 nitrogen and oxygen atoms in total. The van der Waals surface area contributed by atoms with Gasteiger partial charge in [0.25, 0.3) is 5.69 Å². The number of nitrogens with zero attached hydrogens (tertiary/aromatic N) is 1. The van der Waals surface area contributed by atoms with Gasteiger partial charge in [0.05, 0.1) is 12.0 Å². The molecule has 2 rings (SSSR count). The molecule has 7 heteroatoms. The molecule has 1 aromatic heterocycles. The van der Waals surface area contributed by atoms with Crippen LogP contribution in [0.3, 0.4) is 0 Å². The van der Waals surface area contributed by atoms with Gasteiger partial charge in [-0.15, -0.1) is 11.3 Å².